The fourth-order valence-corrected chi connectivity index (χ4v) is 4.63. The molecule has 0 unspecified atom stereocenters. The molecule has 1 aromatic rings. The van der Waals surface area contributed by atoms with Crippen molar-refractivity contribution in [3.05, 3.63) is 23.3 Å². The molecule has 2 atom stereocenters. The number of carbonyl (C=O) groups excluding carboxylic acids is 2. The van der Waals surface area contributed by atoms with E-state index < -0.39 is 0 Å². The number of hydrogen-bond donors (Lipinski definition) is 0. The van der Waals surface area contributed by atoms with Gasteiger partial charge >= 0.3 is 0 Å². The lowest BCUT2D eigenvalue weighted by atomic mass is 9.81. The second-order valence-electron chi connectivity index (χ2n) is 7.52. The number of likely N-dealkylation sites (tertiary alicyclic amines) is 1. The number of imide groups is 1. The number of rotatable bonds is 4. The molecule has 0 N–H and O–H groups in total. The van der Waals surface area contributed by atoms with Crippen molar-refractivity contribution >= 4 is 11.8 Å². The first kappa shape index (κ1) is 17.3. The van der Waals surface area contributed by atoms with E-state index in [1.807, 2.05) is 12.1 Å². The monoisotopic (exact) mass is 358 g/mol. The maximum absolute atomic E-state index is 12.7. The van der Waals surface area contributed by atoms with E-state index in [1.54, 1.807) is 14.2 Å². The largest absolute Gasteiger partial charge is 0.493 e. The van der Waals surface area contributed by atoms with Gasteiger partial charge in [0.25, 0.3) is 0 Å². The van der Waals surface area contributed by atoms with E-state index in [1.165, 1.54) is 16.0 Å². The summed E-state index contributed by atoms with van der Waals surface area (Å²) in [5.41, 5.74) is 2.41. The quantitative estimate of drug-likeness (QED) is 0.772. The molecule has 4 rings (SSSR count). The number of benzene rings is 1. The van der Waals surface area contributed by atoms with Crippen molar-refractivity contribution in [2.75, 3.05) is 27.4 Å². The number of hydrogen-bond acceptors (Lipinski definition) is 5. The number of amides is 2. The smallest absolute Gasteiger partial charge is 0.234 e. The zero-order valence-corrected chi connectivity index (χ0v) is 15.5. The molecular formula is C20H26N2O4. The minimum atomic E-state index is -0.0716. The highest BCUT2D eigenvalue weighted by molar-refractivity contribution is 6.05. The minimum absolute atomic E-state index is 0.0396. The molecule has 2 heterocycles. The molecule has 6 heteroatoms. The molecule has 140 valence electrons. The molecule has 26 heavy (non-hydrogen) atoms. The van der Waals surface area contributed by atoms with Crippen molar-refractivity contribution < 1.29 is 19.1 Å². The van der Waals surface area contributed by atoms with Crippen LogP contribution in [0.4, 0.5) is 0 Å². The summed E-state index contributed by atoms with van der Waals surface area (Å²) in [6.07, 6.45) is 4.73. The van der Waals surface area contributed by atoms with Crippen LogP contribution >= 0.6 is 0 Å². The van der Waals surface area contributed by atoms with E-state index in [4.69, 9.17) is 9.47 Å². The third-order valence-electron chi connectivity index (χ3n) is 6.07. The molecule has 1 saturated heterocycles. The average Bonchev–Trinajstić information content (AvgIpc) is 2.92. The van der Waals surface area contributed by atoms with Crippen LogP contribution in [0.15, 0.2) is 12.1 Å². The van der Waals surface area contributed by atoms with Crippen LogP contribution in [-0.2, 0) is 22.6 Å². The number of ether oxygens (including phenoxy) is 2. The van der Waals surface area contributed by atoms with Crippen LogP contribution < -0.4 is 9.47 Å². The topological polar surface area (TPSA) is 59.1 Å². The first-order valence-corrected chi connectivity index (χ1v) is 9.43. The van der Waals surface area contributed by atoms with Crippen molar-refractivity contribution in [2.24, 2.45) is 11.8 Å². The highest BCUT2D eigenvalue weighted by Crippen LogP contribution is 2.38. The van der Waals surface area contributed by atoms with Gasteiger partial charge in [-0.3, -0.25) is 19.4 Å². The maximum Gasteiger partial charge on any atom is 0.234 e. The zero-order valence-electron chi connectivity index (χ0n) is 15.5. The van der Waals surface area contributed by atoms with Crippen LogP contribution in [0.25, 0.3) is 0 Å². The summed E-state index contributed by atoms with van der Waals surface area (Å²) in [4.78, 5) is 29.1. The Labute approximate surface area is 154 Å². The zero-order chi connectivity index (χ0) is 18.3. The summed E-state index contributed by atoms with van der Waals surface area (Å²) in [5.74, 6) is 1.40. The average molecular weight is 358 g/mol. The number of carbonyl (C=O) groups is 2. The summed E-state index contributed by atoms with van der Waals surface area (Å²) >= 11 is 0. The second kappa shape index (κ2) is 6.91. The summed E-state index contributed by atoms with van der Waals surface area (Å²) in [5, 5.41) is 0. The third kappa shape index (κ3) is 2.86. The summed E-state index contributed by atoms with van der Waals surface area (Å²) in [6, 6.07) is 4.04. The Balaban J connectivity index is 1.49. The Morgan fingerprint density at radius 1 is 0.962 bits per heavy atom. The normalized spacial score (nSPS) is 25.8. The number of nitrogens with zero attached hydrogens (tertiary/aromatic N) is 2. The Bertz CT molecular complexity index is 709. The van der Waals surface area contributed by atoms with Crippen molar-refractivity contribution in [1.29, 1.82) is 0 Å². The molecule has 0 aromatic heterocycles. The molecule has 0 bridgehead atoms. The van der Waals surface area contributed by atoms with E-state index in [0.717, 1.165) is 44.4 Å². The molecule has 0 spiro atoms. The van der Waals surface area contributed by atoms with Crippen LogP contribution in [-0.4, -0.2) is 49.0 Å². The molecular weight excluding hydrogens is 332 g/mol. The molecule has 2 aliphatic heterocycles. The SMILES string of the molecule is COc1cc2c(cc1OC)CN(CN1C(=O)[C@H]3CCCC[C@H]3C1=O)CC2. The fourth-order valence-electron chi connectivity index (χ4n) is 4.63. The van der Waals surface area contributed by atoms with Crippen LogP contribution in [0.5, 0.6) is 11.5 Å². The molecule has 1 saturated carbocycles. The van der Waals surface area contributed by atoms with Gasteiger partial charge in [0.2, 0.25) is 11.8 Å². The highest BCUT2D eigenvalue weighted by atomic mass is 16.5. The third-order valence-corrected chi connectivity index (χ3v) is 6.07. The highest BCUT2D eigenvalue weighted by Gasteiger charge is 2.48. The van der Waals surface area contributed by atoms with E-state index in [-0.39, 0.29) is 23.7 Å². The maximum atomic E-state index is 12.7. The lowest BCUT2D eigenvalue weighted by Gasteiger charge is -2.32. The molecule has 6 nitrogen and oxygen atoms in total. The first-order chi connectivity index (χ1) is 12.6. The molecule has 1 aromatic carbocycles. The van der Waals surface area contributed by atoms with E-state index in [2.05, 4.69) is 4.90 Å². The lowest BCUT2D eigenvalue weighted by molar-refractivity contribution is -0.142. The van der Waals surface area contributed by atoms with E-state index in [9.17, 15) is 9.59 Å². The molecule has 1 aliphatic carbocycles. The van der Waals surface area contributed by atoms with Gasteiger partial charge < -0.3 is 9.47 Å². The molecule has 2 amide bonds. The number of methoxy groups -OCH3 is 2. The Morgan fingerprint density at radius 2 is 1.54 bits per heavy atom. The van der Waals surface area contributed by atoms with Crippen LogP contribution in [0.1, 0.15) is 36.8 Å². The molecule has 2 fully saturated rings. The second-order valence-corrected chi connectivity index (χ2v) is 7.52. The Morgan fingerprint density at radius 3 is 2.12 bits per heavy atom. The first-order valence-electron chi connectivity index (χ1n) is 9.43. The van der Waals surface area contributed by atoms with Gasteiger partial charge in [0, 0.05) is 13.1 Å². The lowest BCUT2D eigenvalue weighted by Crippen LogP contribution is -2.43. The van der Waals surface area contributed by atoms with Crippen molar-refractivity contribution in [1.82, 2.24) is 9.80 Å². The predicted molar refractivity (Wildman–Crippen MR) is 95.8 cm³/mol. The van der Waals surface area contributed by atoms with Gasteiger partial charge in [0.1, 0.15) is 0 Å². The molecule has 0 radical (unpaired) electrons. The van der Waals surface area contributed by atoms with Gasteiger partial charge in [0.15, 0.2) is 11.5 Å². The van der Waals surface area contributed by atoms with Gasteiger partial charge in [-0.15, -0.1) is 0 Å². The van der Waals surface area contributed by atoms with Crippen LogP contribution in [0.3, 0.4) is 0 Å². The molecule has 3 aliphatic rings. The van der Waals surface area contributed by atoms with Crippen molar-refractivity contribution in [3.8, 4) is 11.5 Å². The summed E-state index contributed by atoms with van der Waals surface area (Å²) in [7, 11) is 3.28. The summed E-state index contributed by atoms with van der Waals surface area (Å²) in [6.45, 7) is 1.94. The van der Waals surface area contributed by atoms with Crippen molar-refractivity contribution in [3.63, 3.8) is 0 Å². The Hall–Kier alpha value is -2.08. The minimum Gasteiger partial charge on any atom is -0.493 e. The van der Waals surface area contributed by atoms with Gasteiger partial charge in [0.05, 0.1) is 32.7 Å². The Kier molecular flexibility index (Phi) is 4.61. The van der Waals surface area contributed by atoms with E-state index >= 15 is 0 Å². The summed E-state index contributed by atoms with van der Waals surface area (Å²) < 4.78 is 10.8. The van der Waals surface area contributed by atoms with Crippen LogP contribution in [0.2, 0.25) is 0 Å². The van der Waals surface area contributed by atoms with Crippen LogP contribution in [0, 0.1) is 11.8 Å². The van der Waals surface area contributed by atoms with Gasteiger partial charge in [-0.25, -0.2) is 0 Å². The van der Waals surface area contributed by atoms with Gasteiger partial charge in [-0.2, -0.15) is 0 Å². The van der Waals surface area contributed by atoms with E-state index in [0.29, 0.717) is 19.0 Å². The fraction of sp³-hybridized carbons (Fsp3) is 0.600. The number of fused-ring (bicyclic) bond motifs is 2. The van der Waals surface area contributed by atoms with Gasteiger partial charge in [-0.1, -0.05) is 12.8 Å². The predicted octanol–water partition coefficient (Wildman–Crippen LogP) is 2.19. The standard InChI is InChI=1S/C20H26N2O4/c1-25-17-9-13-7-8-21(11-14(13)10-18(17)26-2)12-22-19(23)15-5-3-4-6-16(15)20(22)24/h9-10,15-16H,3-8,11-12H2,1-2H3/t15-,16+. The van der Waals surface area contributed by atoms with Gasteiger partial charge in [-0.05, 0) is 42.5 Å². The van der Waals surface area contributed by atoms with Crippen molar-refractivity contribution in [2.45, 2.75) is 38.6 Å².